The third kappa shape index (κ3) is 2.91. The average molecular weight is 328 g/mol. The predicted molar refractivity (Wildman–Crippen MR) is 98.1 cm³/mol. The van der Waals surface area contributed by atoms with Gasteiger partial charge in [0.2, 0.25) is 0 Å². The van der Waals surface area contributed by atoms with Gasteiger partial charge in [-0.1, -0.05) is 78.9 Å². The Labute approximate surface area is 146 Å². The van der Waals surface area contributed by atoms with Crippen molar-refractivity contribution in [1.82, 2.24) is 0 Å². The van der Waals surface area contributed by atoms with Crippen molar-refractivity contribution in [3.63, 3.8) is 0 Å². The first-order valence-electron chi connectivity index (χ1n) is 8.36. The molecule has 0 saturated carbocycles. The summed E-state index contributed by atoms with van der Waals surface area (Å²) in [5.74, 6) is -0.598. The third-order valence-corrected chi connectivity index (χ3v) is 4.77. The maximum atomic E-state index is 13.3. The molecule has 0 heterocycles. The molecular formula is C23H17FO. The lowest BCUT2D eigenvalue weighted by Gasteiger charge is -2.29. The van der Waals surface area contributed by atoms with Crippen molar-refractivity contribution in [2.24, 2.45) is 0 Å². The van der Waals surface area contributed by atoms with Gasteiger partial charge in [-0.2, -0.15) is 0 Å². The summed E-state index contributed by atoms with van der Waals surface area (Å²) in [5, 5.41) is 0. The third-order valence-electron chi connectivity index (χ3n) is 4.77. The number of carbonyl (C=O) groups is 1. The highest BCUT2D eigenvalue weighted by Crippen LogP contribution is 2.42. The fraction of sp³-hybridized carbons (Fsp3) is 0.0870. The zero-order chi connectivity index (χ0) is 17.2. The minimum Gasteiger partial charge on any atom is -0.293 e. The highest BCUT2D eigenvalue weighted by Gasteiger charge is 2.33. The summed E-state index contributed by atoms with van der Waals surface area (Å²) in [6.45, 7) is 0. The zero-order valence-corrected chi connectivity index (χ0v) is 13.6. The van der Waals surface area contributed by atoms with E-state index in [0.717, 1.165) is 16.7 Å². The quantitative estimate of drug-likeness (QED) is 0.572. The van der Waals surface area contributed by atoms with Crippen LogP contribution in [0.15, 0.2) is 84.9 Å². The number of hydrogen-bond acceptors (Lipinski definition) is 1. The Morgan fingerprint density at radius 1 is 0.800 bits per heavy atom. The van der Waals surface area contributed by atoms with E-state index < -0.39 is 0 Å². The molecule has 3 aromatic carbocycles. The Bertz CT molecular complexity index is 926. The van der Waals surface area contributed by atoms with Gasteiger partial charge in [-0.3, -0.25) is 4.79 Å². The molecule has 0 saturated heterocycles. The summed E-state index contributed by atoms with van der Waals surface area (Å²) >= 11 is 0. The molecule has 0 bridgehead atoms. The Morgan fingerprint density at radius 2 is 1.48 bits per heavy atom. The normalized spacial score (nSPS) is 18.6. The zero-order valence-electron chi connectivity index (χ0n) is 13.6. The summed E-state index contributed by atoms with van der Waals surface area (Å²) in [6, 6.07) is 23.8. The molecule has 1 aliphatic rings. The number of rotatable bonds is 3. The van der Waals surface area contributed by atoms with Gasteiger partial charge >= 0.3 is 0 Å². The summed E-state index contributed by atoms with van der Waals surface area (Å²) < 4.78 is 13.3. The van der Waals surface area contributed by atoms with E-state index in [-0.39, 0.29) is 23.4 Å². The van der Waals surface area contributed by atoms with Crippen LogP contribution in [-0.4, -0.2) is 5.78 Å². The van der Waals surface area contributed by atoms with E-state index in [1.165, 1.54) is 12.1 Å². The topological polar surface area (TPSA) is 17.1 Å². The van der Waals surface area contributed by atoms with Crippen LogP contribution in [-0.2, 0) is 0 Å². The minimum absolute atomic E-state index is 0.0896. The van der Waals surface area contributed by atoms with Gasteiger partial charge in [-0.05, 0) is 28.8 Å². The van der Waals surface area contributed by atoms with Crippen molar-refractivity contribution in [3.8, 4) is 0 Å². The first kappa shape index (κ1) is 15.5. The second kappa shape index (κ2) is 6.48. The summed E-state index contributed by atoms with van der Waals surface area (Å²) in [6.07, 6.45) is 4.11. The molecule has 0 N–H and O–H groups in total. The van der Waals surface area contributed by atoms with Crippen molar-refractivity contribution < 1.29 is 9.18 Å². The fourth-order valence-electron chi connectivity index (χ4n) is 3.53. The standard InChI is InChI=1S/C23H17FO/c24-19-13-10-17(11-14-19)21-15-12-16-6-4-5-9-20(16)22(21)23(25)18-7-2-1-3-8-18/h1-15,21-22H. The molecule has 0 spiro atoms. The molecule has 25 heavy (non-hydrogen) atoms. The Balaban J connectivity index is 1.83. The van der Waals surface area contributed by atoms with Crippen LogP contribution in [0.1, 0.15) is 38.9 Å². The van der Waals surface area contributed by atoms with Crippen LogP contribution in [0.3, 0.4) is 0 Å². The molecule has 2 unspecified atom stereocenters. The first-order chi connectivity index (χ1) is 12.2. The summed E-state index contributed by atoms with van der Waals surface area (Å²) in [4.78, 5) is 13.3. The number of hydrogen-bond donors (Lipinski definition) is 0. The molecule has 2 atom stereocenters. The molecule has 3 aromatic rings. The van der Waals surface area contributed by atoms with Crippen molar-refractivity contribution in [1.29, 1.82) is 0 Å². The highest BCUT2D eigenvalue weighted by atomic mass is 19.1. The van der Waals surface area contributed by atoms with Gasteiger partial charge in [-0.25, -0.2) is 4.39 Å². The lowest BCUT2D eigenvalue weighted by atomic mass is 9.72. The molecule has 1 aliphatic carbocycles. The number of halogens is 1. The fourth-order valence-corrected chi connectivity index (χ4v) is 3.53. The van der Waals surface area contributed by atoms with Crippen molar-refractivity contribution in [3.05, 3.63) is 113 Å². The molecule has 0 amide bonds. The van der Waals surface area contributed by atoms with Crippen LogP contribution >= 0.6 is 0 Å². The van der Waals surface area contributed by atoms with Crippen LogP contribution in [0, 0.1) is 5.82 Å². The van der Waals surface area contributed by atoms with E-state index in [1.54, 1.807) is 12.1 Å². The van der Waals surface area contributed by atoms with E-state index >= 15 is 0 Å². The van der Waals surface area contributed by atoms with Gasteiger partial charge in [0.05, 0.1) is 5.92 Å². The number of allylic oxidation sites excluding steroid dienone is 1. The smallest absolute Gasteiger partial charge is 0.171 e. The maximum absolute atomic E-state index is 13.3. The van der Waals surface area contributed by atoms with E-state index in [1.807, 2.05) is 54.6 Å². The van der Waals surface area contributed by atoms with E-state index in [9.17, 15) is 9.18 Å². The molecule has 0 fully saturated rings. The van der Waals surface area contributed by atoms with Crippen LogP contribution in [0.25, 0.3) is 6.08 Å². The molecular weight excluding hydrogens is 311 g/mol. The van der Waals surface area contributed by atoms with Crippen molar-refractivity contribution >= 4 is 11.9 Å². The van der Waals surface area contributed by atoms with E-state index in [4.69, 9.17) is 0 Å². The number of fused-ring (bicyclic) bond motifs is 1. The number of carbonyl (C=O) groups excluding carboxylic acids is 1. The second-order valence-corrected chi connectivity index (χ2v) is 6.27. The van der Waals surface area contributed by atoms with Gasteiger partial charge < -0.3 is 0 Å². The van der Waals surface area contributed by atoms with E-state index in [2.05, 4.69) is 12.2 Å². The SMILES string of the molecule is O=C(c1ccccc1)C1c2ccccc2C=CC1c1ccc(F)cc1. The minimum atomic E-state index is -0.311. The number of ketones is 1. The first-order valence-corrected chi connectivity index (χ1v) is 8.36. The Morgan fingerprint density at radius 3 is 2.24 bits per heavy atom. The molecule has 122 valence electrons. The Kier molecular flexibility index (Phi) is 4.02. The highest BCUT2D eigenvalue weighted by molar-refractivity contribution is 6.03. The molecule has 2 heteroatoms. The molecule has 0 aliphatic heterocycles. The molecule has 0 radical (unpaired) electrons. The summed E-state index contributed by atoms with van der Waals surface area (Å²) in [7, 11) is 0. The van der Waals surface area contributed by atoms with Crippen LogP contribution in [0.5, 0.6) is 0 Å². The van der Waals surface area contributed by atoms with Gasteiger partial charge in [0, 0.05) is 11.5 Å². The Hall–Kier alpha value is -3.00. The van der Waals surface area contributed by atoms with Crippen LogP contribution < -0.4 is 0 Å². The molecule has 1 nitrogen and oxygen atoms in total. The van der Waals surface area contributed by atoms with Gasteiger partial charge in [0.25, 0.3) is 0 Å². The van der Waals surface area contributed by atoms with Crippen molar-refractivity contribution in [2.75, 3.05) is 0 Å². The van der Waals surface area contributed by atoms with E-state index in [0.29, 0.717) is 5.56 Å². The van der Waals surface area contributed by atoms with Gasteiger partial charge in [0.15, 0.2) is 5.78 Å². The lowest BCUT2D eigenvalue weighted by molar-refractivity contribution is 0.0952. The van der Waals surface area contributed by atoms with Crippen LogP contribution in [0.4, 0.5) is 4.39 Å². The lowest BCUT2D eigenvalue weighted by Crippen LogP contribution is -2.22. The monoisotopic (exact) mass is 328 g/mol. The maximum Gasteiger partial charge on any atom is 0.171 e. The predicted octanol–water partition coefficient (Wildman–Crippen LogP) is 5.60. The van der Waals surface area contributed by atoms with Gasteiger partial charge in [0.1, 0.15) is 5.82 Å². The molecule has 0 aromatic heterocycles. The van der Waals surface area contributed by atoms with Crippen LogP contribution in [0.2, 0.25) is 0 Å². The number of Topliss-reactive ketones (excluding diaryl/α,β-unsaturated/α-hetero) is 1. The largest absolute Gasteiger partial charge is 0.293 e. The summed E-state index contributed by atoms with van der Waals surface area (Å²) in [5.41, 5.74) is 3.73. The average Bonchev–Trinajstić information content (AvgIpc) is 2.68. The molecule has 4 rings (SSSR count). The second-order valence-electron chi connectivity index (χ2n) is 6.27. The van der Waals surface area contributed by atoms with Gasteiger partial charge in [-0.15, -0.1) is 0 Å². The number of benzene rings is 3. The van der Waals surface area contributed by atoms with Crippen molar-refractivity contribution in [2.45, 2.75) is 11.8 Å².